The molecule has 144 valence electrons. The number of hydrogen-bond donors (Lipinski definition) is 1. The molecule has 0 bridgehead atoms. The van der Waals surface area contributed by atoms with Crippen molar-refractivity contribution in [3.05, 3.63) is 35.6 Å². The van der Waals surface area contributed by atoms with Gasteiger partial charge in [0.15, 0.2) is 0 Å². The van der Waals surface area contributed by atoms with Crippen LogP contribution in [0.1, 0.15) is 25.8 Å². The molecule has 2 fully saturated rings. The number of nitrogens with one attached hydrogen (secondary N) is 1. The Hall–Kier alpha value is -1.66. The highest BCUT2D eigenvalue weighted by atomic mass is 19.1. The maximum Gasteiger partial charge on any atom is 0.317 e. The molecule has 1 aromatic rings. The van der Waals surface area contributed by atoms with Crippen molar-refractivity contribution in [2.24, 2.45) is 0 Å². The maximum atomic E-state index is 13.1. The van der Waals surface area contributed by atoms with Crippen molar-refractivity contribution in [3.8, 4) is 0 Å². The van der Waals surface area contributed by atoms with Crippen molar-refractivity contribution < 1.29 is 9.18 Å². The molecule has 2 aliphatic rings. The van der Waals surface area contributed by atoms with E-state index < -0.39 is 0 Å². The van der Waals surface area contributed by atoms with Gasteiger partial charge in [-0.15, -0.1) is 0 Å². The van der Waals surface area contributed by atoms with Gasteiger partial charge in [-0.05, 0) is 51.4 Å². The lowest BCUT2D eigenvalue weighted by Crippen LogP contribution is -2.52. The molecular formula is C20H31FN4O. The summed E-state index contributed by atoms with van der Waals surface area (Å²) in [6.45, 7) is 10.0. The molecule has 0 unspecified atom stereocenters. The summed E-state index contributed by atoms with van der Waals surface area (Å²) in [5, 5.41) is 3.16. The van der Waals surface area contributed by atoms with Crippen molar-refractivity contribution in [2.45, 2.75) is 38.3 Å². The number of nitrogens with zero attached hydrogens (tertiary/aromatic N) is 3. The fourth-order valence-electron chi connectivity index (χ4n) is 3.94. The van der Waals surface area contributed by atoms with E-state index in [1.54, 1.807) is 12.1 Å². The predicted octanol–water partition coefficient (Wildman–Crippen LogP) is 2.18. The maximum absolute atomic E-state index is 13.1. The molecule has 1 atom stereocenters. The van der Waals surface area contributed by atoms with Crippen molar-refractivity contribution in [1.29, 1.82) is 0 Å². The van der Waals surface area contributed by atoms with Crippen LogP contribution in [-0.4, -0.2) is 78.6 Å². The number of urea groups is 1. The van der Waals surface area contributed by atoms with E-state index in [4.69, 9.17) is 0 Å². The SMILES string of the molecule is CN1CCN([C@@H]2CCN(C(=O)NC(C)(C)Cc3ccc(F)cc3)C2)CC1. The number of likely N-dealkylation sites (N-methyl/N-ethyl adjacent to an activating group) is 1. The van der Waals surface area contributed by atoms with Crippen LogP contribution in [0.4, 0.5) is 9.18 Å². The summed E-state index contributed by atoms with van der Waals surface area (Å²) in [5.41, 5.74) is 0.648. The van der Waals surface area contributed by atoms with Gasteiger partial charge in [0.2, 0.25) is 0 Å². The number of piperazine rings is 1. The molecule has 2 amide bonds. The molecule has 5 nitrogen and oxygen atoms in total. The zero-order valence-corrected chi connectivity index (χ0v) is 16.2. The zero-order chi connectivity index (χ0) is 18.7. The van der Waals surface area contributed by atoms with Gasteiger partial charge < -0.3 is 15.1 Å². The van der Waals surface area contributed by atoms with Crippen LogP contribution in [0.15, 0.2) is 24.3 Å². The summed E-state index contributed by atoms with van der Waals surface area (Å²) in [6, 6.07) is 6.98. The zero-order valence-electron chi connectivity index (χ0n) is 16.2. The van der Waals surface area contributed by atoms with E-state index in [-0.39, 0.29) is 17.4 Å². The first-order chi connectivity index (χ1) is 12.3. The number of rotatable bonds is 4. The molecule has 1 aromatic carbocycles. The van der Waals surface area contributed by atoms with E-state index in [2.05, 4.69) is 22.2 Å². The standard InChI is InChI=1S/C20H31FN4O/c1-20(2,14-16-4-6-17(21)7-5-16)22-19(26)25-9-8-18(15-25)24-12-10-23(3)11-13-24/h4-7,18H,8-15H2,1-3H3,(H,22,26)/t18-/m1/s1. The first-order valence-electron chi connectivity index (χ1n) is 9.56. The molecule has 1 N–H and O–H groups in total. The van der Waals surface area contributed by atoms with Gasteiger partial charge in [0.1, 0.15) is 5.82 Å². The smallest absolute Gasteiger partial charge is 0.317 e. The van der Waals surface area contributed by atoms with Crippen molar-refractivity contribution in [2.75, 3.05) is 46.3 Å². The highest BCUT2D eigenvalue weighted by Gasteiger charge is 2.33. The van der Waals surface area contributed by atoms with Crippen LogP contribution in [-0.2, 0) is 6.42 Å². The summed E-state index contributed by atoms with van der Waals surface area (Å²) in [4.78, 5) is 19.5. The van der Waals surface area contributed by atoms with Gasteiger partial charge in [-0.1, -0.05) is 12.1 Å². The molecule has 2 heterocycles. The van der Waals surface area contributed by atoms with Crippen LogP contribution in [0.25, 0.3) is 0 Å². The number of likely N-dealkylation sites (tertiary alicyclic amines) is 1. The minimum atomic E-state index is -0.374. The van der Waals surface area contributed by atoms with E-state index >= 15 is 0 Å². The first kappa shape index (κ1) is 19.1. The monoisotopic (exact) mass is 362 g/mol. The average Bonchev–Trinajstić information content (AvgIpc) is 3.07. The molecule has 0 spiro atoms. The molecule has 2 aliphatic heterocycles. The van der Waals surface area contributed by atoms with Gasteiger partial charge in [0, 0.05) is 50.8 Å². The summed E-state index contributed by atoms with van der Waals surface area (Å²) in [6.07, 6.45) is 1.73. The molecule has 3 rings (SSSR count). The van der Waals surface area contributed by atoms with Gasteiger partial charge >= 0.3 is 6.03 Å². The molecule has 0 aliphatic carbocycles. The fourth-order valence-corrected chi connectivity index (χ4v) is 3.94. The Morgan fingerprint density at radius 2 is 1.81 bits per heavy atom. The minimum absolute atomic E-state index is 0.00809. The molecular weight excluding hydrogens is 331 g/mol. The Morgan fingerprint density at radius 3 is 2.46 bits per heavy atom. The highest BCUT2D eigenvalue weighted by molar-refractivity contribution is 5.75. The molecule has 0 saturated carbocycles. The second kappa shape index (κ2) is 7.92. The fraction of sp³-hybridized carbons (Fsp3) is 0.650. The molecule has 6 heteroatoms. The van der Waals surface area contributed by atoms with Crippen LogP contribution in [0, 0.1) is 5.82 Å². The number of benzene rings is 1. The second-order valence-electron chi connectivity index (χ2n) is 8.35. The Kier molecular flexibility index (Phi) is 5.82. The number of amides is 2. The molecule has 26 heavy (non-hydrogen) atoms. The summed E-state index contributed by atoms with van der Waals surface area (Å²) >= 11 is 0. The van der Waals surface area contributed by atoms with Crippen LogP contribution >= 0.6 is 0 Å². The Balaban J connectivity index is 1.50. The van der Waals surface area contributed by atoms with Crippen molar-refractivity contribution in [3.63, 3.8) is 0 Å². The summed E-state index contributed by atoms with van der Waals surface area (Å²) in [5.74, 6) is -0.234. The van der Waals surface area contributed by atoms with Crippen LogP contribution in [0.3, 0.4) is 0 Å². The second-order valence-corrected chi connectivity index (χ2v) is 8.35. The number of carbonyl (C=O) groups excluding carboxylic acids is 1. The van der Waals surface area contributed by atoms with Crippen LogP contribution in [0.2, 0.25) is 0 Å². The Labute approximate surface area is 156 Å². The van der Waals surface area contributed by atoms with Gasteiger partial charge in [-0.2, -0.15) is 0 Å². The van der Waals surface area contributed by atoms with Gasteiger partial charge in [-0.25, -0.2) is 9.18 Å². The Morgan fingerprint density at radius 1 is 1.15 bits per heavy atom. The Bertz CT molecular complexity index is 611. The third-order valence-corrected chi connectivity index (χ3v) is 5.51. The third-order valence-electron chi connectivity index (χ3n) is 5.51. The van der Waals surface area contributed by atoms with Crippen LogP contribution in [0.5, 0.6) is 0 Å². The highest BCUT2D eigenvalue weighted by Crippen LogP contribution is 2.19. The topological polar surface area (TPSA) is 38.8 Å². The summed E-state index contributed by atoms with van der Waals surface area (Å²) in [7, 11) is 2.16. The predicted molar refractivity (Wildman–Crippen MR) is 102 cm³/mol. The third kappa shape index (κ3) is 4.95. The van der Waals surface area contributed by atoms with Crippen LogP contribution < -0.4 is 5.32 Å². The van der Waals surface area contributed by atoms with Gasteiger partial charge in [0.25, 0.3) is 0 Å². The van der Waals surface area contributed by atoms with Gasteiger partial charge in [-0.3, -0.25) is 4.90 Å². The number of carbonyl (C=O) groups is 1. The number of hydrogen-bond acceptors (Lipinski definition) is 3. The average molecular weight is 362 g/mol. The normalized spacial score (nSPS) is 22.6. The number of halogens is 1. The van der Waals surface area contributed by atoms with E-state index in [0.29, 0.717) is 12.5 Å². The van der Waals surface area contributed by atoms with E-state index in [9.17, 15) is 9.18 Å². The lowest BCUT2D eigenvalue weighted by Gasteiger charge is -2.36. The largest absolute Gasteiger partial charge is 0.333 e. The summed E-state index contributed by atoms with van der Waals surface area (Å²) < 4.78 is 13.1. The van der Waals surface area contributed by atoms with E-state index in [1.165, 1.54) is 12.1 Å². The van der Waals surface area contributed by atoms with E-state index in [0.717, 1.165) is 51.3 Å². The van der Waals surface area contributed by atoms with E-state index in [1.807, 2.05) is 18.7 Å². The van der Waals surface area contributed by atoms with Gasteiger partial charge in [0.05, 0.1) is 0 Å². The van der Waals surface area contributed by atoms with Crippen molar-refractivity contribution in [1.82, 2.24) is 20.0 Å². The lowest BCUT2D eigenvalue weighted by atomic mass is 9.95. The molecule has 2 saturated heterocycles. The first-order valence-corrected chi connectivity index (χ1v) is 9.56. The minimum Gasteiger partial charge on any atom is -0.333 e. The molecule has 0 radical (unpaired) electrons. The molecule has 0 aromatic heterocycles. The van der Waals surface area contributed by atoms with Crippen molar-refractivity contribution >= 4 is 6.03 Å². The quantitative estimate of drug-likeness (QED) is 0.892. The lowest BCUT2D eigenvalue weighted by molar-refractivity contribution is 0.114.